The quantitative estimate of drug-likeness (QED) is 0.861. The number of hydrogen-bond acceptors (Lipinski definition) is 4. The molecule has 0 spiro atoms. The third-order valence-electron chi connectivity index (χ3n) is 4.52. The number of nitrogens with zero attached hydrogens (tertiary/aromatic N) is 1. The van der Waals surface area contributed by atoms with Crippen LogP contribution in [-0.4, -0.2) is 43.3 Å². The second-order valence-corrected chi connectivity index (χ2v) is 7.17. The molecule has 2 aromatic rings. The molecule has 0 saturated carbocycles. The van der Waals surface area contributed by atoms with E-state index in [1.165, 1.54) is 0 Å². The Morgan fingerprint density at radius 3 is 2.62 bits per heavy atom. The van der Waals surface area contributed by atoms with Gasteiger partial charge < -0.3 is 14.5 Å². The van der Waals surface area contributed by atoms with Gasteiger partial charge in [0.05, 0.1) is 24.8 Å². The molecule has 2 heterocycles. The van der Waals surface area contributed by atoms with Crippen LogP contribution in [0.5, 0.6) is 0 Å². The third-order valence-corrected chi connectivity index (χ3v) is 4.85. The van der Waals surface area contributed by atoms with Gasteiger partial charge in [-0.3, -0.25) is 4.90 Å². The van der Waals surface area contributed by atoms with Crippen LogP contribution in [0.2, 0.25) is 5.02 Å². The number of benzene rings is 1. The fourth-order valence-corrected chi connectivity index (χ4v) is 3.28. The Labute approximate surface area is 148 Å². The van der Waals surface area contributed by atoms with Gasteiger partial charge in [0.1, 0.15) is 11.5 Å². The van der Waals surface area contributed by atoms with Crippen molar-refractivity contribution in [1.29, 1.82) is 0 Å². The Balaban J connectivity index is 1.55. The summed E-state index contributed by atoms with van der Waals surface area (Å²) in [5.74, 6) is 1.73. The molecule has 3 rings (SSSR count). The molecule has 1 N–H and O–H groups in total. The molecule has 5 heteroatoms. The lowest BCUT2D eigenvalue weighted by Gasteiger charge is -2.41. The predicted octanol–water partition coefficient (Wildman–Crippen LogP) is 3.80. The van der Waals surface area contributed by atoms with Crippen molar-refractivity contribution in [3.8, 4) is 11.3 Å². The first-order valence-corrected chi connectivity index (χ1v) is 8.81. The highest BCUT2D eigenvalue weighted by atomic mass is 35.5. The molecule has 1 fully saturated rings. The van der Waals surface area contributed by atoms with Crippen molar-refractivity contribution in [3.63, 3.8) is 0 Å². The van der Waals surface area contributed by atoms with Crippen LogP contribution in [0.3, 0.4) is 0 Å². The summed E-state index contributed by atoms with van der Waals surface area (Å²) in [7, 11) is 0. The van der Waals surface area contributed by atoms with Crippen molar-refractivity contribution in [2.45, 2.75) is 25.9 Å². The van der Waals surface area contributed by atoms with E-state index in [9.17, 15) is 0 Å². The van der Waals surface area contributed by atoms with Crippen LogP contribution in [0.4, 0.5) is 0 Å². The van der Waals surface area contributed by atoms with Gasteiger partial charge in [-0.25, -0.2) is 0 Å². The maximum Gasteiger partial charge on any atom is 0.135 e. The molecule has 0 atom stereocenters. The minimum absolute atomic E-state index is 0.0991. The summed E-state index contributed by atoms with van der Waals surface area (Å²) in [6, 6.07) is 11.7. The van der Waals surface area contributed by atoms with Crippen molar-refractivity contribution in [2.75, 3.05) is 32.8 Å². The summed E-state index contributed by atoms with van der Waals surface area (Å²) >= 11 is 6.23. The van der Waals surface area contributed by atoms with Gasteiger partial charge >= 0.3 is 0 Å². The Kier molecular flexibility index (Phi) is 5.61. The van der Waals surface area contributed by atoms with Gasteiger partial charge in [-0.05, 0) is 38.1 Å². The van der Waals surface area contributed by atoms with E-state index in [0.29, 0.717) is 11.6 Å². The smallest absolute Gasteiger partial charge is 0.135 e. The predicted molar refractivity (Wildman–Crippen MR) is 97.3 cm³/mol. The van der Waals surface area contributed by atoms with Gasteiger partial charge in [0.25, 0.3) is 0 Å². The highest BCUT2D eigenvalue weighted by Gasteiger charge is 2.27. The van der Waals surface area contributed by atoms with E-state index in [2.05, 4.69) is 24.1 Å². The minimum Gasteiger partial charge on any atom is -0.460 e. The molecule has 0 aliphatic carbocycles. The van der Waals surface area contributed by atoms with Gasteiger partial charge in [0.2, 0.25) is 0 Å². The Hall–Kier alpha value is -1.33. The van der Waals surface area contributed by atoms with Crippen LogP contribution in [0.25, 0.3) is 11.3 Å². The Morgan fingerprint density at radius 1 is 1.12 bits per heavy atom. The lowest BCUT2D eigenvalue weighted by Crippen LogP contribution is -2.54. The lowest BCUT2D eigenvalue weighted by molar-refractivity contribution is -0.00976. The first-order valence-electron chi connectivity index (χ1n) is 8.43. The SMILES string of the molecule is CC(C)(CNCc1ccc(-c2ccccc2Cl)o1)N1CCOCC1. The maximum atomic E-state index is 6.23. The number of morpholine rings is 1. The first-order chi connectivity index (χ1) is 11.6. The summed E-state index contributed by atoms with van der Waals surface area (Å²) in [6.07, 6.45) is 0. The van der Waals surface area contributed by atoms with Crippen LogP contribution in [-0.2, 0) is 11.3 Å². The van der Waals surface area contributed by atoms with Gasteiger partial charge in [-0.15, -0.1) is 0 Å². The number of halogens is 1. The standard InChI is InChI=1S/C19H25ClN2O2/c1-19(2,22-9-11-23-12-10-22)14-21-13-15-7-8-18(24-15)16-5-3-4-6-17(16)20/h3-8,21H,9-14H2,1-2H3. The second kappa shape index (κ2) is 7.70. The van der Waals surface area contributed by atoms with Crippen LogP contribution >= 0.6 is 11.6 Å². The molecule has 4 nitrogen and oxygen atoms in total. The molecule has 0 amide bonds. The Bertz CT molecular complexity index is 663. The minimum atomic E-state index is 0.0991. The number of furan rings is 1. The molecule has 1 aliphatic heterocycles. The van der Waals surface area contributed by atoms with E-state index in [-0.39, 0.29) is 5.54 Å². The van der Waals surface area contributed by atoms with E-state index >= 15 is 0 Å². The molecular formula is C19H25ClN2O2. The molecule has 0 bridgehead atoms. The lowest BCUT2D eigenvalue weighted by atomic mass is 10.0. The zero-order chi connectivity index (χ0) is 17.0. The van der Waals surface area contributed by atoms with Crippen molar-refractivity contribution in [3.05, 3.63) is 47.2 Å². The van der Waals surface area contributed by atoms with Gasteiger partial charge in [0, 0.05) is 30.7 Å². The number of ether oxygens (including phenoxy) is 1. The van der Waals surface area contributed by atoms with Gasteiger partial charge in [0.15, 0.2) is 0 Å². The second-order valence-electron chi connectivity index (χ2n) is 6.76. The van der Waals surface area contributed by atoms with Gasteiger partial charge in [-0.2, -0.15) is 0 Å². The zero-order valence-electron chi connectivity index (χ0n) is 14.3. The summed E-state index contributed by atoms with van der Waals surface area (Å²) in [6.45, 7) is 9.77. The average Bonchev–Trinajstić information content (AvgIpc) is 3.04. The van der Waals surface area contributed by atoms with Crippen LogP contribution in [0.1, 0.15) is 19.6 Å². The molecule has 0 unspecified atom stereocenters. The van der Waals surface area contributed by atoms with Crippen LogP contribution in [0, 0.1) is 0 Å². The van der Waals surface area contributed by atoms with Crippen LogP contribution in [0.15, 0.2) is 40.8 Å². The van der Waals surface area contributed by atoms with Crippen molar-refractivity contribution in [2.24, 2.45) is 0 Å². The molecule has 1 saturated heterocycles. The van der Waals surface area contributed by atoms with E-state index in [4.69, 9.17) is 20.8 Å². The topological polar surface area (TPSA) is 37.6 Å². The summed E-state index contributed by atoms with van der Waals surface area (Å²) in [4.78, 5) is 2.47. The molecule has 24 heavy (non-hydrogen) atoms. The molecule has 1 aromatic heterocycles. The van der Waals surface area contributed by atoms with Gasteiger partial charge in [-0.1, -0.05) is 23.7 Å². The molecule has 0 radical (unpaired) electrons. The highest BCUT2D eigenvalue weighted by Crippen LogP contribution is 2.29. The number of nitrogens with one attached hydrogen (secondary N) is 1. The zero-order valence-corrected chi connectivity index (χ0v) is 15.1. The normalized spacial score (nSPS) is 16.5. The van der Waals surface area contributed by atoms with E-state index in [0.717, 1.165) is 49.9 Å². The fourth-order valence-electron chi connectivity index (χ4n) is 3.05. The molecule has 1 aliphatic rings. The van der Waals surface area contributed by atoms with Crippen molar-refractivity contribution >= 4 is 11.6 Å². The highest BCUT2D eigenvalue weighted by molar-refractivity contribution is 6.33. The van der Waals surface area contributed by atoms with E-state index in [1.807, 2.05) is 36.4 Å². The molecule has 130 valence electrons. The largest absolute Gasteiger partial charge is 0.460 e. The van der Waals surface area contributed by atoms with Crippen LogP contribution < -0.4 is 5.32 Å². The van der Waals surface area contributed by atoms with E-state index < -0.39 is 0 Å². The van der Waals surface area contributed by atoms with E-state index in [1.54, 1.807) is 0 Å². The summed E-state index contributed by atoms with van der Waals surface area (Å²) in [5.41, 5.74) is 1.03. The Morgan fingerprint density at radius 2 is 1.88 bits per heavy atom. The first kappa shape index (κ1) is 17.5. The summed E-state index contributed by atoms with van der Waals surface area (Å²) in [5, 5.41) is 4.22. The molecule has 1 aromatic carbocycles. The third kappa shape index (κ3) is 4.19. The maximum absolute atomic E-state index is 6.23. The van der Waals surface area contributed by atoms with Crippen molar-refractivity contribution in [1.82, 2.24) is 10.2 Å². The number of rotatable bonds is 6. The molecular weight excluding hydrogens is 324 g/mol. The average molecular weight is 349 g/mol. The number of hydrogen-bond donors (Lipinski definition) is 1. The summed E-state index contributed by atoms with van der Waals surface area (Å²) < 4.78 is 11.4. The van der Waals surface area contributed by atoms with Crippen molar-refractivity contribution < 1.29 is 9.15 Å². The monoisotopic (exact) mass is 348 g/mol. The fraction of sp³-hybridized carbons (Fsp3) is 0.474.